The maximum atomic E-state index is 4.48. The van der Waals surface area contributed by atoms with E-state index in [2.05, 4.69) is 37.2 Å². The van der Waals surface area contributed by atoms with E-state index in [4.69, 9.17) is 0 Å². The monoisotopic (exact) mass is 305 g/mol. The lowest BCUT2D eigenvalue weighted by Gasteiger charge is -2.15. The molecule has 1 N–H and O–H groups in total. The van der Waals surface area contributed by atoms with Crippen LogP contribution in [0.4, 0.5) is 5.82 Å². The van der Waals surface area contributed by atoms with Gasteiger partial charge in [-0.25, -0.2) is 9.97 Å². The Balaban J connectivity index is 1.50. The summed E-state index contributed by atoms with van der Waals surface area (Å²) in [4.78, 5) is 8.68. The summed E-state index contributed by atoms with van der Waals surface area (Å²) in [5, 5.41) is 7.88. The van der Waals surface area contributed by atoms with Gasteiger partial charge in [0.1, 0.15) is 12.1 Å². The number of nitrogens with one attached hydrogen (secondary N) is 1. The van der Waals surface area contributed by atoms with Crippen molar-refractivity contribution in [1.29, 1.82) is 0 Å². The van der Waals surface area contributed by atoms with Gasteiger partial charge in [-0.2, -0.15) is 5.10 Å². The molecular weight excluding hydrogens is 286 g/mol. The molecule has 0 atom stereocenters. The first kappa shape index (κ1) is 13.9. The molecule has 0 unspecified atom stereocenters. The van der Waals surface area contributed by atoms with Crippen LogP contribution in [-0.4, -0.2) is 19.7 Å². The van der Waals surface area contributed by atoms with Crippen molar-refractivity contribution in [3.05, 3.63) is 60.2 Å². The van der Waals surface area contributed by atoms with Gasteiger partial charge in [0, 0.05) is 36.0 Å². The van der Waals surface area contributed by atoms with Gasteiger partial charge in [-0.15, -0.1) is 0 Å². The van der Waals surface area contributed by atoms with Crippen molar-refractivity contribution in [2.75, 3.05) is 5.32 Å². The van der Waals surface area contributed by atoms with Crippen LogP contribution in [-0.2, 0) is 19.5 Å². The highest BCUT2D eigenvalue weighted by Gasteiger charge is 2.14. The summed E-state index contributed by atoms with van der Waals surface area (Å²) in [6.07, 6.45) is 7.19. The number of rotatable bonds is 4. The summed E-state index contributed by atoms with van der Waals surface area (Å²) in [5.41, 5.74) is 4.66. The quantitative estimate of drug-likeness (QED) is 0.803. The smallest absolute Gasteiger partial charge is 0.130 e. The van der Waals surface area contributed by atoms with Crippen molar-refractivity contribution in [3.63, 3.8) is 0 Å². The number of fused-ring (bicyclic) bond motifs is 1. The molecule has 5 nitrogen and oxygen atoms in total. The Morgan fingerprint density at radius 2 is 2.00 bits per heavy atom. The molecule has 0 aliphatic carbocycles. The van der Waals surface area contributed by atoms with E-state index >= 15 is 0 Å². The normalized spacial score (nSPS) is 13.6. The number of benzene rings is 1. The van der Waals surface area contributed by atoms with Crippen molar-refractivity contribution in [1.82, 2.24) is 19.7 Å². The van der Waals surface area contributed by atoms with Gasteiger partial charge in [0.25, 0.3) is 0 Å². The number of aryl methyl sites for hydroxylation is 1. The van der Waals surface area contributed by atoms with Gasteiger partial charge in [0.05, 0.1) is 11.9 Å². The summed E-state index contributed by atoms with van der Waals surface area (Å²) in [5.74, 6) is 0.842. The fraction of sp³-hybridized carbons (Fsp3) is 0.278. The first-order valence-electron chi connectivity index (χ1n) is 8.05. The Bertz CT molecular complexity index is 794. The molecule has 1 aromatic carbocycles. The summed E-state index contributed by atoms with van der Waals surface area (Å²) in [6, 6.07) is 12.1. The zero-order valence-electron chi connectivity index (χ0n) is 12.9. The topological polar surface area (TPSA) is 55.6 Å². The number of hydrogen-bond donors (Lipinski definition) is 1. The lowest BCUT2D eigenvalue weighted by atomic mass is 10.1. The highest BCUT2D eigenvalue weighted by atomic mass is 15.3. The number of nitrogens with zero attached hydrogens (tertiary/aromatic N) is 4. The molecule has 0 bridgehead atoms. The Morgan fingerprint density at radius 3 is 2.91 bits per heavy atom. The molecule has 0 saturated heterocycles. The fourth-order valence-electron chi connectivity index (χ4n) is 3.04. The minimum Gasteiger partial charge on any atom is -0.366 e. The van der Waals surface area contributed by atoms with E-state index in [0.717, 1.165) is 36.6 Å². The number of aromatic nitrogens is 4. The Hall–Kier alpha value is -2.69. The SMILES string of the molecule is c1ccc(-c2cc(NCc3cnn4c3CCCC4)ncn2)cc1. The van der Waals surface area contributed by atoms with Crippen LogP contribution >= 0.6 is 0 Å². The number of anilines is 1. The zero-order chi connectivity index (χ0) is 15.5. The third-order valence-electron chi connectivity index (χ3n) is 4.27. The highest BCUT2D eigenvalue weighted by Crippen LogP contribution is 2.21. The average Bonchev–Trinajstić information content (AvgIpc) is 3.04. The van der Waals surface area contributed by atoms with Gasteiger partial charge < -0.3 is 5.32 Å². The maximum absolute atomic E-state index is 4.48. The van der Waals surface area contributed by atoms with E-state index < -0.39 is 0 Å². The molecule has 0 radical (unpaired) electrons. The summed E-state index contributed by atoms with van der Waals surface area (Å²) in [6.45, 7) is 1.79. The average molecular weight is 305 g/mol. The van der Waals surface area contributed by atoms with Crippen LogP contribution in [0.1, 0.15) is 24.1 Å². The molecular formula is C18H19N5. The van der Waals surface area contributed by atoms with Crippen molar-refractivity contribution in [2.24, 2.45) is 0 Å². The van der Waals surface area contributed by atoms with E-state index in [1.807, 2.05) is 30.5 Å². The molecule has 1 aliphatic heterocycles. The second kappa shape index (κ2) is 6.20. The van der Waals surface area contributed by atoms with Crippen LogP contribution in [0.3, 0.4) is 0 Å². The summed E-state index contributed by atoms with van der Waals surface area (Å²) < 4.78 is 2.13. The largest absolute Gasteiger partial charge is 0.366 e. The molecule has 116 valence electrons. The van der Waals surface area contributed by atoms with Gasteiger partial charge in [-0.05, 0) is 19.3 Å². The minimum atomic E-state index is 0.751. The van der Waals surface area contributed by atoms with Gasteiger partial charge >= 0.3 is 0 Å². The molecule has 4 rings (SSSR count). The summed E-state index contributed by atoms with van der Waals surface area (Å²) in [7, 11) is 0. The third-order valence-corrected chi connectivity index (χ3v) is 4.27. The van der Waals surface area contributed by atoms with Gasteiger partial charge in [-0.1, -0.05) is 30.3 Å². The Kier molecular flexibility index (Phi) is 3.76. The Labute approximate surface area is 135 Å². The van der Waals surface area contributed by atoms with Crippen LogP contribution in [0, 0.1) is 0 Å². The maximum Gasteiger partial charge on any atom is 0.130 e. The second-order valence-electron chi connectivity index (χ2n) is 5.80. The molecule has 5 heteroatoms. The predicted octanol–water partition coefficient (Wildman–Crippen LogP) is 3.29. The van der Waals surface area contributed by atoms with Gasteiger partial charge in [0.2, 0.25) is 0 Å². The molecule has 0 fully saturated rings. The fourth-order valence-corrected chi connectivity index (χ4v) is 3.04. The molecule has 2 aromatic heterocycles. The van der Waals surface area contributed by atoms with Gasteiger partial charge in [-0.3, -0.25) is 4.68 Å². The molecule has 0 saturated carbocycles. The van der Waals surface area contributed by atoms with E-state index in [0.29, 0.717) is 0 Å². The van der Waals surface area contributed by atoms with E-state index in [-0.39, 0.29) is 0 Å². The predicted molar refractivity (Wildman–Crippen MR) is 90.0 cm³/mol. The van der Waals surface area contributed by atoms with Crippen LogP contribution in [0.5, 0.6) is 0 Å². The number of hydrogen-bond acceptors (Lipinski definition) is 4. The third kappa shape index (κ3) is 2.95. The molecule has 23 heavy (non-hydrogen) atoms. The molecule has 0 spiro atoms. The first-order chi connectivity index (χ1) is 11.4. The van der Waals surface area contributed by atoms with E-state index in [9.17, 15) is 0 Å². The summed E-state index contributed by atoms with van der Waals surface area (Å²) >= 11 is 0. The van der Waals surface area contributed by atoms with Crippen LogP contribution < -0.4 is 5.32 Å². The lowest BCUT2D eigenvalue weighted by molar-refractivity contribution is 0.484. The van der Waals surface area contributed by atoms with Crippen molar-refractivity contribution >= 4 is 5.82 Å². The minimum absolute atomic E-state index is 0.751. The molecule has 3 heterocycles. The van der Waals surface area contributed by atoms with Crippen molar-refractivity contribution < 1.29 is 0 Å². The van der Waals surface area contributed by atoms with Crippen molar-refractivity contribution in [2.45, 2.75) is 32.4 Å². The van der Waals surface area contributed by atoms with E-state index in [1.54, 1.807) is 6.33 Å². The molecule has 1 aliphatic rings. The molecule has 0 amide bonds. The molecule has 3 aromatic rings. The standard InChI is InChI=1S/C18H19N5/c1-2-6-14(7-3-1)16-10-18(21-13-20-16)19-11-15-12-22-23-9-5-4-8-17(15)23/h1-3,6-7,10,12-13H,4-5,8-9,11H2,(H,19,20,21). The van der Waals surface area contributed by atoms with Gasteiger partial charge in [0.15, 0.2) is 0 Å². The second-order valence-corrected chi connectivity index (χ2v) is 5.80. The van der Waals surface area contributed by atoms with E-state index in [1.165, 1.54) is 24.1 Å². The first-order valence-corrected chi connectivity index (χ1v) is 8.05. The zero-order valence-corrected chi connectivity index (χ0v) is 12.9. The van der Waals surface area contributed by atoms with Crippen LogP contribution in [0.15, 0.2) is 48.9 Å². The Morgan fingerprint density at radius 1 is 1.09 bits per heavy atom. The van der Waals surface area contributed by atoms with Crippen molar-refractivity contribution in [3.8, 4) is 11.3 Å². The highest BCUT2D eigenvalue weighted by molar-refractivity contribution is 5.61. The van der Waals surface area contributed by atoms with Crippen LogP contribution in [0.2, 0.25) is 0 Å². The lowest BCUT2D eigenvalue weighted by Crippen LogP contribution is -2.13. The van der Waals surface area contributed by atoms with Crippen LogP contribution in [0.25, 0.3) is 11.3 Å².